The monoisotopic (exact) mass is 417 g/mol. The van der Waals surface area contributed by atoms with Gasteiger partial charge in [-0.1, -0.05) is 18.2 Å². The second-order valence-corrected chi connectivity index (χ2v) is 7.02. The number of nitrogens with one attached hydrogen (secondary N) is 2. The van der Waals surface area contributed by atoms with Crippen LogP contribution in [0.25, 0.3) is 11.5 Å². The van der Waals surface area contributed by atoms with Crippen LogP contribution < -0.4 is 10.6 Å². The van der Waals surface area contributed by atoms with Crippen molar-refractivity contribution in [2.75, 3.05) is 18.4 Å². The predicted octanol–water partition coefficient (Wildman–Crippen LogP) is 2.01. The molecule has 31 heavy (non-hydrogen) atoms. The van der Waals surface area contributed by atoms with E-state index >= 15 is 0 Å². The molecule has 10 heteroatoms. The summed E-state index contributed by atoms with van der Waals surface area (Å²) in [7, 11) is 0. The largest absolute Gasteiger partial charge is 0.367 e. The number of carbonyl (C=O) groups is 1. The molecule has 3 heterocycles. The van der Waals surface area contributed by atoms with Gasteiger partial charge >= 0.3 is 0 Å². The van der Waals surface area contributed by atoms with E-state index in [1.165, 1.54) is 11.0 Å². The maximum atomic E-state index is 12.3. The van der Waals surface area contributed by atoms with Crippen LogP contribution in [0.2, 0.25) is 0 Å². The molecule has 0 atom stereocenters. The van der Waals surface area contributed by atoms with E-state index < -0.39 is 0 Å². The molecule has 2 N–H and O–H groups in total. The first-order valence-electron chi connectivity index (χ1n) is 9.89. The quantitative estimate of drug-likeness (QED) is 0.442. The molecule has 10 nitrogen and oxygen atoms in total. The molecule has 3 aromatic heterocycles. The molecule has 158 valence electrons. The van der Waals surface area contributed by atoms with Gasteiger partial charge < -0.3 is 10.6 Å². The maximum absolute atomic E-state index is 12.3. The highest BCUT2D eigenvalue weighted by molar-refractivity contribution is 5.91. The second kappa shape index (κ2) is 8.74. The van der Waals surface area contributed by atoms with E-state index in [0.717, 1.165) is 22.6 Å². The number of hydrogen-bond donors (Lipinski definition) is 2. The van der Waals surface area contributed by atoms with Crippen LogP contribution >= 0.6 is 0 Å². The first kappa shape index (κ1) is 20.2. The van der Waals surface area contributed by atoms with Crippen molar-refractivity contribution >= 4 is 11.7 Å². The number of para-hydroxylation sites is 1. The highest BCUT2D eigenvalue weighted by Crippen LogP contribution is 2.15. The minimum atomic E-state index is -0.287. The third kappa shape index (κ3) is 4.42. The summed E-state index contributed by atoms with van der Waals surface area (Å²) < 4.78 is 1.78. The molecule has 0 aliphatic rings. The molecule has 0 bridgehead atoms. The third-order valence-corrected chi connectivity index (χ3v) is 4.95. The van der Waals surface area contributed by atoms with E-state index in [1.54, 1.807) is 4.68 Å². The fraction of sp³-hybridized carbons (Fsp3) is 0.238. The summed E-state index contributed by atoms with van der Waals surface area (Å²) in [5.74, 6) is 0.991. The number of nitrogens with zero attached hydrogens (tertiary/aromatic N) is 7. The number of aryl methyl sites for hydroxylation is 1. The minimum absolute atomic E-state index is 0.258. The standard InChI is InChI=1S/C21H23N9O/c1-14-15(2)27-29(16(14)3)20-10-9-19(25-26-20)22-11-12-23-21(31)18-13-24-30(28-18)17-7-5-4-6-8-17/h4-10,13H,11-12H2,1-3H3,(H,22,25)(H,23,31). The predicted molar refractivity (Wildman–Crippen MR) is 116 cm³/mol. The number of benzene rings is 1. The summed E-state index contributed by atoms with van der Waals surface area (Å²) in [5, 5.41) is 27.2. The zero-order valence-electron chi connectivity index (χ0n) is 17.6. The van der Waals surface area contributed by atoms with Crippen molar-refractivity contribution in [1.29, 1.82) is 0 Å². The van der Waals surface area contributed by atoms with Gasteiger partial charge in [0.15, 0.2) is 11.5 Å². The van der Waals surface area contributed by atoms with E-state index in [4.69, 9.17) is 0 Å². The summed E-state index contributed by atoms with van der Waals surface area (Å²) >= 11 is 0. The van der Waals surface area contributed by atoms with Gasteiger partial charge in [0, 0.05) is 18.8 Å². The molecule has 0 radical (unpaired) electrons. The van der Waals surface area contributed by atoms with Gasteiger partial charge in [-0.05, 0) is 50.6 Å². The van der Waals surface area contributed by atoms with Crippen molar-refractivity contribution in [2.24, 2.45) is 0 Å². The molecule has 1 amide bonds. The van der Waals surface area contributed by atoms with E-state index in [1.807, 2.05) is 63.2 Å². The highest BCUT2D eigenvalue weighted by atomic mass is 16.2. The number of hydrogen-bond acceptors (Lipinski definition) is 7. The Morgan fingerprint density at radius 3 is 2.45 bits per heavy atom. The van der Waals surface area contributed by atoms with Crippen molar-refractivity contribution in [3.63, 3.8) is 0 Å². The van der Waals surface area contributed by atoms with Gasteiger partial charge in [0.25, 0.3) is 5.91 Å². The molecule has 0 saturated heterocycles. The molecular formula is C21H23N9O. The van der Waals surface area contributed by atoms with Crippen LogP contribution in [0.3, 0.4) is 0 Å². The topological polar surface area (TPSA) is 115 Å². The lowest BCUT2D eigenvalue weighted by Gasteiger charge is -2.07. The number of amides is 1. The lowest BCUT2D eigenvalue weighted by molar-refractivity contribution is 0.0950. The molecule has 0 saturated carbocycles. The molecule has 0 fully saturated rings. The summed E-state index contributed by atoms with van der Waals surface area (Å²) in [5.41, 5.74) is 4.21. The number of rotatable bonds is 7. The van der Waals surface area contributed by atoms with Crippen molar-refractivity contribution in [3.8, 4) is 11.5 Å². The average Bonchev–Trinajstić information content (AvgIpc) is 3.39. The number of carbonyl (C=O) groups excluding carboxylic acids is 1. The summed E-state index contributed by atoms with van der Waals surface area (Å²) in [6.07, 6.45) is 1.45. The Hall–Kier alpha value is -4.08. The number of aromatic nitrogens is 7. The zero-order valence-corrected chi connectivity index (χ0v) is 17.6. The minimum Gasteiger partial charge on any atom is -0.367 e. The normalized spacial score (nSPS) is 10.8. The molecule has 0 unspecified atom stereocenters. The van der Waals surface area contributed by atoms with Crippen molar-refractivity contribution < 1.29 is 4.79 Å². The van der Waals surface area contributed by atoms with Crippen LogP contribution in [-0.2, 0) is 0 Å². The van der Waals surface area contributed by atoms with Crippen LogP contribution in [0.5, 0.6) is 0 Å². The van der Waals surface area contributed by atoms with Crippen LogP contribution in [0.1, 0.15) is 27.4 Å². The van der Waals surface area contributed by atoms with E-state index in [9.17, 15) is 4.79 Å². The SMILES string of the molecule is Cc1nn(-c2ccc(NCCNC(=O)c3cnn(-c4ccccc4)n3)nn2)c(C)c1C. The van der Waals surface area contributed by atoms with Crippen LogP contribution in [-0.4, -0.2) is 54.0 Å². The van der Waals surface area contributed by atoms with Gasteiger partial charge in [-0.15, -0.1) is 15.3 Å². The van der Waals surface area contributed by atoms with Crippen molar-refractivity contribution in [1.82, 2.24) is 40.3 Å². The van der Waals surface area contributed by atoms with Gasteiger partial charge in [-0.25, -0.2) is 4.68 Å². The van der Waals surface area contributed by atoms with E-state index in [2.05, 4.69) is 36.1 Å². The summed E-state index contributed by atoms with van der Waals surface area (Å²) in [6, 6.07) is 13.1. The fourth-order valence-electron chi connectivity index (χ4n) is 2.99. The zero-order chi connectivity index (χ0) is 21.8. The van der Waals surface area contributed by atoms with Crippen LogP contribution in [0.15, 0.2) is 48.7 Å². The van der Waals surface area contributed by atoms with Gasteiger partial charge in [0.2, 0.25) is 0 Å². The first-order chi connectivity index (χ1) is 15.0. The fourth-order valence-corrected chi connectivity index (χ4v) is 2.99. The Kier molecular flexibility index (Phi) is 5.69. The van der Waals surface area contributed by atoms with E-state index in [-0.39, 0.29) is 11.6 Å². The molecule has 0 aliphatic heterocycles. The number of anilines is 1. The molecule has 4 aromatic rings. The Balaban J connectivity index is 1.27. The molecule has 0 spiro atoms. The molecule has 0 aliphatic carbocycles. The van der Waals surface area contributed by atoms with Crippen LogP contribution in [0, 0.1) is 20.8 Å². The summed E-state index contributed by atoms with van der Waals surface area (Å²) in [6.45, 7) is 6.90. The Morgan fingerprint density at radius 1 is 0.968 bits per heavy atom. The lowest BCUT2D eigenvalue weighted by Crippen LogP contribution is -2.29. The first-order valence-corrected chi connectivity index (χ1v) is 9.89. The third-order valence-electron chi connectivity index (χ3n) is 4.95. The van der Waals surface area contributed by atoms with Crippen molar-refractivity contribution in [3.05, 3.63) is 71.3 Å². The smallest absolute Gasteiger partial charge is 0.273 e. The Bertz CT molecular complexity index is 1180. The van der Waals surface area contributed by atoms with Gasteiger partial charge in [-0.2, -0.15) is 15.0 Å². The Morgan fingerprint density at radius 2 is 1.77 bits per heavy atom. The van der Waals surface area contributed by atoms with Gasteiger partial charge in [0.1, 0.15) is 5.82 Å². The highest BCUT2D eigenvalue weighted by Gasteiger charge is 2.12. The lowest BCUT2D eigenvalue weighted by atomic mass is 10.2. The molecular weight excluding hydrogens is 394 g/mol. The summed E-state index contributed by atoms with van der Waals surface area (Å²) in [4.78, 5) is 13.7. The second-order valence-electron chi connectivity index (χ2n) is 7.02. The van der Waals surface area contributed by atoms with Gasteiger partial charge in [-0.3, -0.25) is 4.79 Å². The Labute approximate surface area is 179 Å². The van der Waals surface area contributed by atoms with Crippen LogP contribution in [0.4, 0.5) is 5.82 Å². The van der Waals surface area contributed by atoms with E-state index in [0.29, 0.717) is 24.7 Å². The molecule has 1 aromatic carbocycles. The van der Waals surface area contributed by atoms with Gasteiger partial charge in [0.05, 0.1) is 17.6 Å². The maximum Gasteiger partial charge on any atom is 0.273 e. The average molecular weight is 417 g/mol. The molecule has 4 rings (SSSR count). The van der Waals surface area contributed by atoms with Crippen molar-refractivity contribution in [2.45, 2.75) is 20.8 Å².